The van der Waals surface area contributed by atoms with Crippen LogP contribution in [0.5, 0.6) is 0 Å². The second-order valence-electron chi connectivity index (χ2n) is 8.62. The Balaban J connectivity index is 1.78. The summed E-state index contributed by atoms with van der Waals surface area (Å²) in [7, 11) is 0. The summed E-state index contributed by atoms with van der Waals surface area (Å²) >= 11 is 0. The van der Waals surface area contributed by atoms with Crippen LogP contribution in [0.4, 0.5) is 0 Å². The number of unbranched alkanes of at least 4 members (excludes halogenated alkanes) is 16. The molecule has 1 heterocycles. The highest BCUT2D eigenvalue weighted by Gasteiger charge is 2.11. The Hall–Kier alpha value is -0.720. The minimum Gasteiger partial charge on any atom is -0.372 e. The maximum absolute atomic E-state index is 3.99. The van der Waals surface area contributed by atoms with E-state index in [-0.39, 0.29) is 0 Å². The Bertz CT molecular complexity index is 351. The normalized spacial score (nSPS) is 14.9. The van der Waals surface area contributed by atoms with E-state index in [4.69, 9.17) is 0 Å². The lowest BCUT2D eigenvalue weighted by atomic mass is 10.0. The summed E-state index contributed by atoms with van der Waals surface area (Å²) in [5, 5.41) is 0. The van der Waals surface area contributed by atoms with Gasteiger partial charge in [-0.2, -0.15) is 0 Å². The van der Waals surface area contributed by atoms with Crippen molar-refractivity contribution in [2.75, 3.05) is 13.1 Å². The third-order valence-electron chi connectivity index (χ3n) is 6.09. The summed E-state index contributed by atoms with van der Waals surface area (Å²) in [5.41, 5.74) is 1.38. The molecule has 0 amide bonds. The Morgan fingerprint density at radius 2 is 1.07 bits per heavy atom. The molecule has 0 aliphatic carbocycles. The van der Waals surface area contributed by atoms with Gasteiger partial charge in [0.05, 0.1) is 0 Å². The Kier molecular flexibility index (Phi) is 16.8. The molecule has 0 bridgehead atoms. The van der Waals surface area contributed by atoms with Gasteiger partial charge in [0.15, 0.2) is 0 Å². The van der Waals surface area contributed by atoms with E-state index in [0.29, 0.717) is 0 Å². The van der Waals surface area contributed by atoms with E-state index >= 15 is 0 Å². The van der Waals surface area contributed by atoms with Gasteiger partial charge in [-0.1, -0.05) is 116 Å². The monoisotopic (exact) mass is 375 g/mol. The zero-order chi connectivity index (χ0) is 19.4. The number of nitrogens with zero attached hydrogens (tertiary/aromatic N) is 1. The van der Waals surface area contributed by atoms with E-state index in [1.54, 1.807) is 0 Å². The number of hydrogen-bond donors (Lipinski definition) is 0. The van der Waals surface area contributed by atoms with Crippen molar-refractivity contribution in [2.24, 2.45) is 0 Å². The molecule has 0 aromatic heterocycles. The Labute approximate surface area is 171 Å². The van der Waals surface area contributed by atoms with Crippen LogP contribution in [0.3, 0.4) is 0 Å². The van der Waals surface area contributed by atoms with Gasteiger partial charge in [0.2, 0.25) is 0 Å². The van der Waals surface area contributed by atoms with Gasteiger partial charge in [0.25, 0.3) is 0 Å². The molecule has 1 nitrogen and oxygen atoms in total. The van der Waals surface area contributed by atoms with Crippen LogP contribution in [0, 0.1) is 0 Å². The molecule has 158 valence electrons. The molecule has 1 aliphatic rings. The third-order valence-corrected chi connectivity index (χ3v) is 6.09. The fourth-order valence-corrected chi connectivity index (χ4v) is 4.26. The molecule has 0 spiro atoms. The first-order chi connectivity index (χ1) is 13.4. The number of rotatable bonds is 19. The third kappa shape index (κ3) is 14.0. The highest BCUT2D eigenvalue weighted by Crippen LogP contribution is 2.17. The van der Waals surface area contributed by atoms with Gasteiger partial charge in [-0.25, -0.2) is 0 Å². The lowest BCUT2D eigenvalue weighted by Gasteiger charge is -2.18. The molecule has 0 unspecified atom stereocenters. The lowest BCUT2D eigenvalue weighted by Crippen LogP contribution is -2.16. The highest BCUT2D eigenvalue weighted by atomic mass is 15.1. The lowest BCUT2D eigenvalue weighted by molar-refractivity contribution is 0.438. The molecule has 0 atom stereocenters. The average Bonchev–Trinajstić information content (AvgIpc) is 3.22. The summed E-state index contributed by atoms with van der Waals surface area (Å²) in [6.07, 6.45) is 31.5. The summed E-state index contributed by atoms with van der Waals surface area (Å²) in [6.45, 7) is 8.75. The molecule has 1 heteroatoms. The van der Waals surface area contributed by atoms with Gasteiger partial charge in [-0.05, 0) is 31.8 Å². The maximum atomic E-state index is 3.99. The van der Waals surface area contributed by atoms with Gasteiger partial charge in [0.1, 0.15) is 0 Å². The van der Waals surface area contributed by atoms with Gasteiger partial charge in [0, 0.05) is 18.8 Å². The van der Waals surface area contributed by atoms with Crippen molar-refractivity contribution in [2.45, 2.75) is 129 Å². The maximum Gasteiger partial charge on any atom is 0.0319 e. The van der Waals surface area contributed by atoms with Crippen molar-refractivity contribution in [3.05, 3.63) is 24.4 Å². The predicted octanol–water partition coefficient (Wildman–Crippen LogP) is 8.80. The first kappa shape index (κ1) is 24.3. The molecule has 0 aromatic carbocycles. The molecule has 1 rings (SSSR count). The van der Waals surface area contributed by atoms with Crippen molar-refractivity contribution in [1.82, 2.24) is 4.90 Å². The minimum atomic E-state index is 1.23. The van der Waals surface area contributed by atoms with Crippen LogP contribution in [0.25, 0.3) is 0 Å². The van der Waals surface area contributed by atoms with E-state index in [0.717, 1.165) is 0 Å². The van der Waals surface area contributed by atoms with Gasteiger partial charge >= 0.3 is 0 Å². The van der Waals surface area contributed by atoms with Crippen LogP contribution in [0.15, 0.2) is 24.4 Å². The van der Waals surface area contributed by atoms with E-state index < -0.39 is 0 Å². The summed E-state index contributed by atoms with van der Waals surface area (Å²) in [4.78, 5) is 2.50. The van der Waals surface area contributed by atoms with Gasteiger partial charge in [-0.3, -0.25) is 0 Å². The second-order valence-corrected chi connectivity index (χ2v) is 8.62. The average molecular weight is 376 g/mol. The van der Waals surface area contributed by atoms with Crippen LogP contribution in [-0.4, -0.2) is 18.0 Å². The van der Waals surface area contributed by atoms with Crippen molar-refractivity contribution < 1.29 is 0 Å². The molecule has 0 aromatic rings. The first-order valence-electron chi connectivity index (χ1n) is 12.5. The summed E-state index contributed by atoms with van der Waals surface area (Å²) in [6, 6.07) is 0. The first-order valence-corrected chi connectivity index (χ1v) is 12.5. The smallest absolute Gasteiger partial charge is 0.0319 e. The highest BCUT2D eigenvalue weighted by molar-refractivity contribution is 5.15. The molecule has 0 saturated carbocycles. The standard InChI is InChI=1S/C26H49N/c1-3-5-6-7-8-9-10-11-12-13-14-15-16-17-18-19-20-23-26(4-2)27-24-21-22-25-27/h4,23H,2-3,5-22,24-25H2,1H3. The van der Waals surface area contributed by atoms with E-state index in [9.17, 15) is 0 Å². The van der Waals surface area contributed by atoms with Crippen LogP contribution >= 0.6 is 0 Å². The van der Waals surface area contributed by atoms with Crippen LogP contribution in [0.1, 0.15) is 129 Å². The SMILES string of the molecule is C=CC(=CCCCCCCCCCCCCCCCCCC)N1CCCC1. The molecule has 1 saturated heterocycles. The zero-order valence-electron chi connectivity index (χ0n) is 18.7. The van der Waals surface area contributed by atoms with Crippen molar-refractivity contribution in [3.63, 3.8) is 0 Å². The van der Waals surface area contributed by atoms with E-state index in [1.807, 2.05) is 0 Å². The quantitative estimate of drug-likeness (QED) is 0.161. The molecule has 0 N–H and O–H groups in total. The topological polar surface area (TPSA) is 3.24 Å². The molecule has 0 radical (unpaired) electrons. The summed E-state index contributed by atoms with van der Waals surface area (Å²) in [5.74, 6) is 0. The molecule has 27 heavy (non-hydrogen) atoms. The summed E-state index contributed by atoms with van der Waals surface area (Å²) < 4.78 is 0. The minimum absolute atomic E-state index is 1.23. The van der Waals surface area contributed by atoms with Crippen LogP contribution < -0.4 is 0 Å². The largest absolute Gasteiger partial charge is 0.372 e. The zero-order valence-corrected chi connectivity index (χ0v) is 18.7. The Morgan fingerprint density at radius 3 is 1.48 bits per heavy atom. The van der Waals surface area contributed by atoms with Gasteiger partial charge < -0.3 is 4.90 Å². The predicted molar refractivity (Wildman–Crippen MR) is 123 cm³/mol. The molecular weight excluding hydrogens is 326 g/mol. The van der Waals surface area contributed by atoms with Crippen LogP contribution in [-0.2, 0) is 0 Å². The molecule has 1 aliphatic heterocycles. The molecule has 1 fully saturated rings. The van der Waals surface area contributed by atoms with E-state index in [2.05, 4.69) is 30.6 Å². The molecular formula is C26H49N. The van der Waals surface area contributed by atoms with Crippen LogP contribution in [0.2, 0.25) is 0 Å². The van der Waals surface area contributed by atoms with Crippen molar-refractivity contribution in [1.29, 1.82) is 0 Å². The van der Waals surface area contributed by atoms with Crippen molar-refractivity contribution in [3.8, 4) is 0 Å². The number of likely N-dealkylation sites (tertiary alicyclic amines) is 1. The number of hydrogen-bond acceptors (Lipinski definition) is 1. The fourth-order valence-electron chi connectivity index (χ4n) is 4.26. The van der Waals surface area contributed by atoms with Gasteiger partial charge in [-0.15, -0.1) is 0 Å². The number of allylic oxidation sites excluding steroid dienone is 2. The fraction of sp³-hybridized carbons (Fsp3) is 0.846. The van der Waals surface area contributed by atoms with Crippen molar-refractivity contribution >= 4 is 0 Å². The Morgan fingerprint density at radius 1 is 0.667 bits per heavy atom. The van der Waals surface area contributed by atoms with E-state index in [1.165, 1.54) is 141 Å². The second kappa shape index (κ2) is 18.6.